The predicted molar refractivity (Wildman–Crippen MR) is 83.2 cm³/mol. The Morgan fingerprint density at radius 1 is 1.09 bits per heavy atom. The second-order valence-electron chi connectivity index (χ2n) is 5.11. The van der Waals surface area contributed by atoms with E-state index in [9.17, 15) is 9.18 Å². The van der Waals surface area contributed by atoms with Crippen LogP contribution in [-0.2, 0) is 6.54 Å². The molecule has 5 nitrogen and oxygen atoms in total. The Morgan fingerprint density at radius 2 is 1.91 bits per heavy atom. The third kappa shape index (κ3) is 3.85. The minimum Gasteiger partial charge on any atom is -0.294 e. The highest BCUT2D eigenvalue weighted by Gasteiger charge is 2.08. The summed E-state index contributed by atoms with van der Waals surface area (Å²) in [6.07, 6.45) is 1.04. The molecule has 1 heterocycles. The van der Waals surface area contributed by atoms with Crippen molar-refractivity contribution >= 4 is 5.78 Å². The number of carbonyl (C=O) groups is 1. The number of hydrogen-bond donors (Lipinski definition) is 0. The van der Waals surface area contributed by atoms with E-state index < -0.39 is 0 Å². The van der Waals surface area contributed by atoms with E-state index in [4.69, 9.17) is 0 Å². The van der Waals surface area contributed by atoms with Gasteiger partial charge in [-0.15, -0.1) is 10.2 Å². The molecule has 0 saturated heterocycles. The fraction of sp³-hybridized carbons (Fsp3) is 0.176. The second-order valence-corrected chi connectivity index (χ2v) is 5.11. The number of halogens is 1. The van der Waals surface area contributed by atoms with Crippen molar-refractivity contribution in [3.8, 4) is 11.4 Å². The smallest absolute Gasteiger partial charge is 0.205 e. The number of hydrogen-bond acceptors (Lipinski definition) is 4. The third-order valence-electron chi connectivity index (χ3n) is 3.39. The van der Waals surface area contributed by atoms with Gasteiger partial charge in [0.05, 0.1) is 6.54 Å². The van der Waals surface area contributed by atoms with Gasteiger partial charge in [0.2, 0.25) is 5.82 Å². The van der Waals surface area contributed by atoms with E-state index in [1.807, 2.05) is 18.2 Å². The molecule has 23 heavy (non-hydrogen) atoms. The van der Waals surface area contributed by atoms with E-state index in [1.54, 1.807) is 24.3 Å². The van der Waals surface area contributed by atoms with Crippen molar-refractivity contribution in [2.24, 2.45) is 0 Å². The van der Waals surface area contributed by atoms with E-state index in [0.717, 1.165) is 0 Å². The number of tetrazole rings is 1. The standard InChI is InChI=1S/C17H15FN4O/c18-15-9-4-8-14(12-15)17-19-21-22(20-17)11-5-10-16(23)13-6-2-1-3-7-13/h1-4,6-9,12H,5,10-11H2. The van der Waals surface area contributed by atoms with Gasteiger partial charge in [-0.05, 0) is 23.8 Å². The summed E-state index contributed by atoms with van der Waals surface area (Å²) < 4.78 is 13.2. The molecule has 3 rings (SSSR count). The van der Waals surface area contributed by atoms with Gasteiger partial charge in [0.15, 0.2) is 5.78 Å². The summed E-state index contributed by atoms with van der Waals surface area (Å²) in [5, 5.41) is 12.1. The zero-order chi connectivity index (χ0) is 16.1. The first-order valence-electron chi connectivity index (χ1n) is 7.34. The number of aromatic nitrogens is 4. The number of benzene rings is 2. The van der Waals surface area contributed by atoms with E-state index >= 15 is 0 Å². The van der Waals surface area contributed by atoms with Gasteiger partial charge in [-0.1, -0.05) is 42.5 Å². The maximum atomic E-state index is 13.2. The van der Waals surface area contributed by atoms with Crippen LogP contribution in [-0.4, -0.2) is 26.0 Å². The Bertz CT molecular complexity index is 801. The van der Waals surface area contributed by atoms with E-state index in [1.165, 1.54) is 16.9 Å². The summed E-state index contributed by atoms with van der Waals surface area (Å²) in [7, 11) is 0. The Hall–Kier alpha value is -2.89. The lowest BCUT2D eigenvalue weighted by molar-refractivity contribution is 0.0977. The lowest BCUT2D eigenvalue weighted by Gasteiger charge is -2.00. The average Bonchev–Trinajstić information content (AvgIpc) is 3.04. The maximum Gasteiger partial charge on any atom is 0.205 e. The molecular weight excluding hydrogens is 295 g/mol. The van der Waals surface area contributed by atoms with Crippen molar-refractivity contribution in [3.63, 3.8) is 0 Å². The van der Waals surface area contributed by atoms with Crippen molar-refractivity contribution < 1.29 is 9.18 Å². The minimum absolute atomic E-state index is 0.0936. The molecule has 6 heteroatoms. The molecule has 0 spiro atoms. The van der Waals surface area contributed by atoms with Gasteiger partial charge in [-0.3, -0.25) is 4.79 Å². The topological polar surface area (TPSA) is 60.7 Å². The SMILES string of the molecule is O=C(CCCn1nnc(-c2cccc(F)c2)n1)c1ccccc1. The third-order valence-corrected chi connectivity index (χ3v) is 3.39. The molecule has 1 aromatic heterocycles. The summed E-state index contributed by atoms with van der Waals surface area (Å²) >= 11 is 0. The van der Waals surface area contributed by atoms with Crippen LogP contribution in [0.5, 0.6) is 0 Å². The highest BCUT2D eigenvalue weighted by atomic mass is 19.1. The Morgan fingerprint density at radius 3 is 2.70 bits per heavy atom. The van der Waals surface area contributed by atoms with E-state index in [0.29, 0.717) is 36.3 Å². The molecule has 0 aliphatic heterocycles. The molecule has 0 N–H and O–H groups in total. The molecule has 0 amide bonds. The van der Waals surface area contributed by atoms with Crippen molar-refractivity contribution in [2.45, 2.75) is 19.4 Å². The van der Waals surface area contributed by atoms with Crippen LogP contribution in [0.25, 0.3) is 11.4 Å². The molecule has 0 aliphatic carbocycles. The quantitative estimate of drug-likeness (QED) is 0.656. The van der Waals surface area contributed by atoms with Crippen LogP contribution in [0, 0.1) is 5.82 Å². The normalized spacial score (nSPS) is 10.7. The fourth-order valence-corrected chi connectivity index (χ4v) is 2.23. The van der Waals surface area contributed by atoms with Gasteiger partial charge in [0.1, 0.15) is 5.82 Å². The van der Waals surface area contributed by atoms with Crippen LogP contribution < -0.4 is 0 Å². The number of nitrogens with zero attached hydrogens (tertiary/aromatic N) is 4. The number of aryl methyl sites for hydroxylation is 1. The first-order valence-corrected chi connectivity index (χ1v) is 7.34. The molecule has 0 aliphatic rings. The fourth-order valence-electron chi connectivity index (χ4n) is 2.23. The highest BCUT2D eigenvalue weighted by molar-refractivity contribution is 5.95. The lowest BCUT2D eigenvalue weighted by Crippen LogP contribution is -2.06. The van der Waals surface area contributed by atoms with Gasteiger partial charge in [-0.25, -0.2) is 4.39 Å². The van der Waals surface area contributed by atoms with Gasteiger partial charge in [-0.2, -0.15) is 4.80 Å². The van der Waals surface area contributed by atoms with Crippen LogP contribution in [0.1, 0.15) is 23.2 Å². The van der Waals surface area contributed by atoms with Gasteiger partial charge >= 0.3 is 0 Å². The van der Waals surface area contributed by atoms with Crippen LogP contribution >= 0.6 is 0 Å². The molecular formula is C17H15FN4O. The molecule has 0 saturated carbocycles. The highest BCUT2D eigenvalue weighted by Crippen LogP contribution is 2.14. The largest absolute Gasteiger partial charge is 0.294 e. The average molecular weight is 310 g/mol. The summed E-state index contributed by atoms with van der Waals surface area (Å²) in [5.41, 5.74) is 1.29. The predicted octanol–water partition coefficient (Wildman–Crippen LogP) is 3.14. The molecule has 0 atom stereocenters. The molecule has 0 bridgehead atoms. The lowest BCUT2D eigenvalue weighted by atomic mass is 10.1. The molecule has 3 aromatic rings. The van der Waals surface area contributed by atoms with Crippen LogP contribution in [0.2, 0.25) is 0 Å². The van der Waals surface area contributed by atoms with Crippen LogP contribution in [0.4, 0.5) is 4.39 Å². The van der Waals surface area contributed by atoms with Crippen LogP contribution in [0.15, 0.2) is 54.6 Å². The summed E-state index contributed by atoms with van der Waals surface area (Å²) in [5.74, 6) is 0.127. The molecule has 2 aromatic carbocycles. The zero-order valence-electron chi connectivity index (χ0n) is 12.4. The van der Waals surface area contributed by atoms with E-state index in [-0.39, 0.29) is 11.6 Å². The summed E-state index contributed by atoms with van der Waals surface area (Å²) in [6.45, 7) is 0.487. The minimum atomic E-state index is -0.340. The van der Waals surface area contributed by atoms with Crippen molar-refractivity contribution in [1.29, 1.82) is 0 Å². The molecule has 0 unspecified atom stereocenters. The molecule has 0 fully saturated rings. The monoisotopic (exact) mass is 310 g/mol. The second kappa shape index (κ2) is 6.91. The zero-order valence-corrected chi connectivity index (χ0v) is 12.4. The van der Waals surface area contributed by atoms with Gasteiger partial charge < -0.3 is 0 Å². The van der Waals surface area contributed by atoms with Crippen molar-refractivity contribution in [2.75, 3.05) is 0 Å². The number of rotatable bonds is 6. The van der Waals surface area contributed by atoms with Crippen molar-refractivity contribution in [3.05, 3.63) is 66.0 Å². The molecule has 116 valence electrons. The summed E-state index contributed by atoms with van der Waals surface area (Å²) in [6, 6.07) is 15.2. The number of ketones is 1. The maximum absolute atomic E-state index is 13.2. The van der Waals surface area contributed by atoms with Gasteiger partial charge in [0, 0.05) is 17.5 Å². The first-order chi connectivity index (χ1) is 11.2. The van der Waals surface area contributed by atoms with Crippen molar-refractivity contribution in [1.82, 2.24) is 20.2 Å². The van der Waals surface area contributed by atoms with E-state index in [2.05, 4.69) is 15.4 Å². The Labute approximate surface area is 132 Å². The van der Waals surface area contributed by atoms with Crippen LogP contribution in [0.3, 0.4) is 0 Å². The Balaban J connectivity index is 1.57. The van der Waals surface area contributed by atoms with Gasteiger partial charge in [0.25, 0.3) is 0 Å². The first kappa shape index (κ1) is 15.0. The Kier molecular flexibility index (Phi) is 4.52. The molecule has 0 radical (unpaired) electrons. The number of carbonyl (C=O) groups excluding carboxylic acids is 1. The summed E-state index contributed by atoms with van der Waals surface area (Å²) in [4.78, 5) is 13.4. The number of Topliss-reactive ketones (excluding diaryl/α,β-unsaturated/α-hetero) is 1.